The first-order valence-electron chi connectivity index (χ1n) is 17.8. The van der Waals surface area contributed by atoms with E-state index in [0.717, 1.165) is 67.3 Å². The Kier molecular flexibility index (Phi) is 9.12. The van der Waals surface area contributed by atoms with Crippen LogP contribution in [0.15, 0.2) is 82.6 Å². The molecule has 5 atom stereocenters. The fourth-order valence-electron chi connectivity index (χ4n) is 8.46. The third-order valence-electron chi connectivity index (χ3n) is 11.6. The van der Waals surface area contributed by atoms with E-state index >= 15 is 0 Å². The maximum Gasteiger partial charge on any atom is 0.261 e. The van der Waals surface area contributed by atoms with E-state index < -0.39 is 0 Å². The molecule has 2 N–H and O–H groups in total. The zero-order valence-corrected chi connectivity index (χ0v) is 28.8. The first-order valence-corrected chi connectivity index (χ1v) is 17.8. The lowest BCUT2D eigenvalue weighted by molar-refractivity contribution is -0.108. The summed E-state index contributed by atoms with van der Waals surface area (Å²) in [7, 11) is 0. The molecule has 8 heteroatoms. The molecule has 4 aliphatic rings. The summed E-state index contributed by atoms with van der Waals surface area (Å²) in [5.41, 5.74) is 4.14. The lowest BCUT2D eigenvalue weighted by Gasteiger charge is -2.61. The van der Waals surface area contributed by atoms with Crippen molar-refractivity contribution in [2.45, 2.75) is 78.4 Å². The normalized spacial score (nSPS) is 25.1. The number of rotatable bonds is 8. The van der Waals surface area contributed by atoms with Gasteiger partial charge in [0.1, 0.15) is 11.6 Å². The molecule has 1 aliphatic heterocycles. The fourth-order valence-corrected chi connectivity index (χ4v) is 8.46. The van der Waals surface area contributed by atoms with E-state index in [9.17, 15) is 9.18 Å². The Morgan fingerprint density at radius 3 is 2.50 bits per heavy atom. The highest BCUT2D eigenvalue weighted by molar-refractivity contribution is 5.96. The summed E-state index contributed by atoms with van der Waals surface area (Å²) in [6.45, 7) is 12.7. The summed E-state index contributed by atoms with van der Waals surface area (Å²) in [6, 6.07) is 23.4. The summed E-state index contributed by atoms with van der Waals surface area (Å²) in [5, 5.41) is 7.88. The number of aliphatic imine (C=N–C) groups is 1. The van der Waals surface area contributed by atoms with Gasteiger partial charge in [0.25, 0.3) is 5.56 Å². The summed E-state index contributed by atoms with van der Waals surface area (Å²) in [4.78, 5) is 27.0. The predicted molar refractivity (Wildman–Crippen MR) is 193 cm³/mol. The Morgan fingerprint density at radius 2 is 1.77 bits per heavy atom. The second kappa shape index (κ2) is 13.5. The molecule has 252 valence electrons. The van der Waals surface area contributed by atoms with Gasteiger partial charge < -0.3 is 15.5 Å². The molecule has 48 heavy (non-hydrogen) atoms. The van der Waals surface area contributed by atoms with E-state index in [-0.39, 0.29) is 11.4 Å². The van der Waals surface area contributed by atoms with Crippen molar-refractivity contribution in [3.8, 4) is 0 Å². The van der Waals surface area contributed by atoms with Crippen molar-refractivity contribution in [1.82, 2.24) is 19.8 Å². The first-order chi connectivity index (χ1) is 23.2. The predicted octanol–water partition coefficient (Wildman–Crippen LogP) is 6.70. The molecule has 1 saturated heterocycles. The standard InChI is InChI=1S/C40H49FN6O/c1-26-25-46(21-19-42-26)39(45-35-23-30-22-34(27(35)2)40(30,3)4)43-32-15-16-33-36(24-32)44-37(17-12-28-8-6-5-7-9-28)47(38(33)48)20-18-29-10-13-31(41)14-11-29/h5-11,13-16,24,26-27,30,34-35,42H,12,17-23,25H2,1-4H3,(H,43,45)/t26-,27-,30-,34+,35-/m0/s1. The molecule has 0 unspecified atom stereocenters. The number of nitrogens with one attached hydrogen (secondary N) is 2. The van der Waals surface area contributed by atoms with Gasteiger partial charge in [-0.1, -0.05) is 63.2 Å². The van der Waals surface area contributed by atoms with E-state index in [1.165, 1.54) is 24.1 Å². The molecule has 2 heterocycles. The first kappa shape index (κ1) is 32.5. The quantitative estimate of drug-likeness (QED) is 0.164. The van der Waals surface area contributed by atoms with Gasteiger partial charge in [-0.2, -0.15) is 0 Å². The average molecular weight is 649 g/mol. The molecule has 1 aromatic heterocycles. The van der Waals surface area contributed by atoms with Crippen LogP contribution < -0.4 is 16.2 Å². The Labute approximate surface area is 283 Å². The molecule has 4 fully saturated rings. The van der Waals surface area contributed by atoms with E-state index in [1.807, 2.05) is 41.0 Å². The smallest absolute Gasteiger partial charge is 0.261 e. The number of piperazine rings is 1. The number of fused-ring (bicyclic) bond motifs is 3. The van der Waals surface area contributed by atoms with Crippen molar-refractivity contribution < 1.29 is 4.39 Å². The maximum atomic E-state index is 14.0. The zero-order chi connectivity index (χ0) is 33.4. The molecule has 3 aliphatic carbocycles. The van der Waals surface area contributed by atoms with E-state index in [0.29, 0.717) is 53.7 Å². The highest BCUT2D eigenvalue weighted by atomic mass is 19.1. The Balaban J connectivity index is 1.20. The van der Waals surface area contributed by atoms with Crippen molar-refractivity contribution in [3.05, 3.63) is 106 Å². The Bertz CT molecular complexity index is 1830. The van der Waals surface area contributed by atoms with Gasteiger partial charge in [-0.05, 0) is 97.2 Å². The van der Waals surface area contributed by atoms with E-state index in [2.05, 4.69) is 55.4 Å². The number of guanidine groups is 1. The van der Waals surface area contributed by atoms with Crippen molar-refractivity contribution >= 4 is 22.5 Å². The van der Waals surface area contributed by atoms with Gasteiger partial charge >= 0.3 is 0 Å². The Hall–Kier alpha value is -4.04. The maximum absolute atomic E-state index is 14.0. The van der Waals surface area contributed by atoms with Crippen molar-refractivity contribution in [1.29, 1.82) is 0 Å². The third kappa shape index (κ3) is 6.64. The van der Waals surface area contributed by atoms with Crippen LogP contribution in [-0.4, -0.2) is 52.1 Å². The van der Waals surface area contributed by atoms with Gasteiger partial charge in [-0.3, -0.25) is 9.36 Å². The van der Waals surface area contributed by atoms with E-state index in [4.69, 9.17) is 9.98 Å². The van der Waals surface area contributed by atoms with E-state index in [1.54, 1.807) is 12.1 Å². The van der Waals surface area contributed by atoms with Gasteiger partial charge in [0.05, 0.1) is 16.9 Å². The van der Waals surface area contributed by atoms with Gasteiger partial charge in [-0.25, -0.2) is 14.4 Å². The minimum atomic E-state index is -0.260. The molecule has 8 rings (SSSR count). The number of halogens is 1. The summed E-state index contributed by atoms with van der Waals surface area (Å²) in [5.74, 6) is 3.43. The zero-order valence-electron chi connectivity index (χ0n) is 28.8. The molecule has 4 aromatic rings. The number of nitrogens with zero attached hydrogens (tertiary/aromatic N) is 4. The van der Waals surface area contributed by atoms with Crippen LogP contribution in [0.2, 0.25) is 0 Å². The van der Waals surface area contributed by atoms with Crippen LogP contribution in [-0.2, 0) is 25.8 Å². The highest BCUT2D eigenvalue weighted by Gasteiger charge is 2.56. The number of benzene rings is 3. The van der Waals surface area contributed by atoms with Crippen LogP contribution in [0.5, 0.6) is 0 Å². The number of aryl methyl sites for hydroxylation is 3. The van der Waals surface area contributed by atoms with Gasteiger partial charge in [0, 0.05) is 44.3 Å². The molecule has 7 nitrogen and oxygen atoms in total. The number of hydrogen-bond donors (Lipinski definition) is 2. The lowest BCUT2D eigenvalue weighted by Crippen LogP contribution is -2.57. The monoisotopic (exact) mass is 648 g/mol. The van der Waals surface area contributed by atoms with Crippen molar-refractivity contribution in [2.24, 2.45) is 28.2 Å². The molecule has 0 radical (unpaired) electrons. The van der Waals surface area contributed by atoms with Crippen molar-refractivity contribution in [2.75, 3.05) is 25.0 Å². The summed E-state index contributed by atoms with van der Waals surface area (Å²) >= 11 is 0. The molecule has 3 saturated carbocycles. The number of aromatic nitrogens is 2. The third-order valence-corrected chi connectivity index (χ3v) is 11.6. The van der Waals surface area contributed by atoms with Crippen LogP contribution in [0.3, 0.4) is 0 Å². The van der Waals surface area contributed by atoms with Crippen LogP contribution in [0.1, 0.15) is 57.5 Å². The Morgan fingerprint density at radius 1 is 1.00 bits per heavy atom. The number of anilines is 1. The van der Waals surface area contributed by atoms with Crippen LogP contribution in [0.4, 0.5) is 10.1 Å². The average Bonchev–Trinajstić information content (AvgIpc) is 3.08. The molecule has 0 spiro atoms. The molecule has 2 bridgehead atoms. The van der Waals surface area contributed by atoms with Gasteiger partial charge in [-0.15, -0.1) is 0 Å². The number of hydrogen-bond acceptors (Lipinski definition) is 4. The highest BCUT2D eigenvalue weighted by Crippen LogP contribution is 2.61. The lowest BCUT2D eigenvalue weighted by atomic mass is 9.45. The SMILES string of the molecule is C[C@@H]1[C@@H](N=C(Nc2ccc3c(=O)n(CCc4ccc(F)cc4)c(CCc4ccccc4)nc3c2)N2CCN[C@@H](C)C2)C[C@@H]2C[C@H]1C2(C)C. The minimum absolute atomic E-state index is 0.0422. The van der Waals surface area contributed by atoms with Crippen LogP contribution in [0.25, 0.3) is 10.9 Å². The fraction of sp³-hybridized carbons (Fsp3) is 0.475. The molecular weight excluding hydrogens is 599 g/mol. The topological polar surface area (TPSA) is 74.5 Å². The summed E-state index contributed by atoms with van der Waals surface area (Å²) in [6.07, 6.45) is 4.51. The van der Waals surface area contributed by atoms with Crippen LogP contribution >= 0.6 is 0 Å². The summed E-state index contributed by atoms with van der Waals surface area (Å²) < 4.78 is 15.4. The molecular formula is C40H49FN6O. The second-order valence-corrected chi connectivity index (χ2v) is 15.0. The minimum Gasteiger partial charge on any atom is -0.340 e. The van der Waals surface area contributed by atoms with Gasteiger partial charge in [0.15, 0.2) is 5.96 Å². The largest absolute Gasteiger partial charge is 0.340 e. The molecule has 3 aromatic carbocycles. The second-order valence-electron chi connectivity index (χ2n) is 15.0. The van der Waals surface area contributed by atoms with Crippen LogP contribution in [0, 0.1) is 29.0 Å². The van der Waals surface area contributed by atoms with Crippen molar-refractivity contribution in [3.63, 3.8) is 0 Å². The molecule has 0 amide bonds. The van der Waals surface area contributed by atoms with Gasteiger partial charge in [0.2, 0.25) is 0 Å².